The van der Waals surface area contributed by atoms with E-state index in [1.165, 1.54) is 24.1 Å². The highest BCUT2D eigenvalue weighted by atomic mass is 16.6. The van der Waals surface area contributed by atoms with Crippen molar-refractivity contribution in [1.82, 2.24) is 9.78 Å². The van der Waals surface area contributed by atoms with Gasteiger partial charge in [0.25, 0.3) is 0 Å². The Kier molecular flexibility index (Phi) is 4.11. The number of hydrogen-bond acceptors (Lipinski definition) is 3. The molecule has 1 saturated carbocycles. The molecule has 2 aromatic rings. The fraction of sp³-hybridized carbons (Fsp3) is 0.571. The van der Waals surface area contributed by atoms with Gasteiger partial charge in [0.05, 0.1) is 18.5 Å². The van der Waals surface area contributed by atoms with Crippen LogP contribution in [0, 0.1) is 0 Å². The molecule has 3 aliphatic rings. The van der Waals surface area contributed by atoms with Gasteiger partial charge in [-0.15, -0.1) is 0 Å². The van der Waals surface area contributed by atoms with Gasteiger partial charge in [-0.1, -0.05) is 18.2 Å². The lowest BCUT2D eigenvalue weighted by Gasteiger charge is -2.50. The van der Waals surface area contributed by atoms with Gasteiger partial charge in [0, 0.05) is 18.5 Å². The molecule has 138 valence electrons. The van der Waals surface area contributed by atoms with E-state index < -0.39 is 0 Å². The molecule has 2 aliphatic carbocycles. The number of hydrogen-bond donors (Lipinski definition) is 1. The number of aromatic nitrogens is 2. The number of fused-ring (bicyclic) bond motifs is 2. The quantitative estimate of drug-likeness (QED) is 0.856. The summed E-state index contributed by atoms with van der Waals surface area (Å²) in [5.41, 5.74) is 3.90. The lowest BCUT2D eigenvalue weighted by Crippen LogP contribution is -2.67. The van der Waals surface area contributed by atoms with E-state index in [1.54, 1.807) is 0 Å². The highest BCUT2D eigenvalue weighted by Gasteiger charge is 2.51. The minimum atomic E-state index is 0.226. The molecular weight excluding hydrogens is 326 g/mol. The Morgan fingerprint density at radius 3 is 2.88 bits per heavy atom. The van der Waals surface area contributed by atoms with Crippen LogP contribution in [0.4, 0.5) is 0 Å². The van der Waals surface area contributed by atoms with Gasteiger partial charge < -0.3 is 4.74 Å². The van der Waals surface area contributed by atoms with Crippen molar-refractivity contribution >= 4 is 0 Å². The van der Waals surface area contributed by atoms with E-state index in [4.69, 9.17) is 9.84 Å². The maximum Gasteiger partial charge on any atom is 0.145 e. The van der Waals surface area contributed by atoms with Crippen LogP contribution >= 0.6 is 0 Å². The summed E-state index contributed by atoms with van der Waals surface area (Å²) in [6.07, 6.45) is 9.11. The van der Waals surface area contributed by atoms with Crippen LogP contribution in [0.2, 0.25) is 0 Å². The lowest BCUT2D eigenvalue weighted by atomic mass is 9.82. The van der Waals surface area contributed by atoms with Gasteiger partial charge in [-0.25, -0.2) is 9.89 Å². The molecule has 0 amide bonds. The predicted molar refractivity (Wildman–Crippen MR) is 98.4 cm³/mol. The third-order valence-corrected chi connectivity index (χ3v) is 6.78. The molecule has 5 rings (SSSR count). The van der Waals surface area contributed by atoms with Crippen molar-refractivity contribution in [3.63, 3.8) is 0 Å². The normalized spacial score (nSPS) is 33.2. The smallest absolute Gasteiger partial charge is 0.145 e. The van der Waals surface area contributed by atoms with Crippen LogP contribution in [-0.2, 0) is 11.2 Å². The standard InChI is InChI=1S/C21H28N3O2/c25-24(13-14-26-21-10-9-20(21)24)12-11-16-5-4-8-19-18(16)15-22-23(19)17-6-2-1-3-7-17/h1-3,6-7,15-16,20-21,25H,4-5,8-14H2/q+1. The highest BCUT2D eigenvalue weighted by molar-refractivity contribution is 5.37. The number of rotatable bonds is 4. The van der Waals surface area contributed by atoms with E-state index in [1.807, 2.05) is 6.07 Å². The number of para-hydroxylation sites is 1. The monoisotopic (exact) mass is 354 g/mol. The number of hydroxylamine groups is 3. The highest BCUT2D eigenvalue weighted by Crippen LogP contribution is 2.39. The minimum Gasteiger partial charge on any atom is -0.366 e. The zero-order chi connectivity index (χ0) is 17.6. The first kappa shape index (κ1) is 16.5. The Hall–Kier alpha value is -1.69. The molecule has 5 nitrogen and oxygen atoms in total. The Balaban J connectivity index is 1.34. The Labute approximate surface area is 154 Å². The Morgan fingerprint density at radius 2 is 2.08 bits per heavy atom. The van der Waals surface area contributed by atoms with Crippen LogP contribution in [-0.4, -0.2) is 51.5 Å². The second-order valence-corrected chi connectivity index (χ2v) is 8.16. The maximum absolute atomic E-state index is 11.2. The van der Waals surface area contributed by atoms with Gasteiger partial charge in [0.1, 0.15) is 25.2 Å². The van der Waals surface area contributed by atoms with Gasteiger partial charge in [-0.05, 0) is 49.3 Å². The van der Waals surface area contributed by atoms with E-state index in [2.05, 4.69) is 35.1 Å². The van der Waals surface area contributed by atoms with Crippen molar-refractivity contribution in [2.75, 3.05) is 19.7 Å². The van der Waals surface area contributed by atoms with Gasteiger partial charge in [-0.3, -0.25) is 0 Å². The van der Waals surface area contributed by atoms with Crippen molar-refractivity contribution in [2.45, 2.75) is 56.6 Å². The van der Waals surface area contributed by atoms with Gasteiger partial charge >= 0.3 is 0 Å². The fourth-order valence-corrected chi connectivity index (χ4v) is 5.12. The first-order valence-corrected chi connectivity index (χ1v) is 10.1. The van der Waals surface area contributed by atoms with Crippen molar-refractivity contribution in [1.29, 1.82) is 0 Å². The molecule has 1 N–H and O–H groups in total. The summed E-state index contributed by atoms with van der Waals surface area (Å²) >= 11 is 0. The average molecular weight is 354 g/mol. The third-order valence-electron chi connectivity index (χ3n) is 6.78. The molecule has 26 heavy (non-hydrogen) atoms. The molecule has 0 bridgehead atoms. The molecule has 5 heteroatoms. The third kappa shape index (κ3) is 2.70. The molecule has 4 unspecified atom stereocenters. The molecule has 1 saturated heterocycles. The molecule has 0 radical (unpaired) electrons. The zero-order valence-corrected chi connectivity index (χ0v) is 15.3. The summed E-state index contributed by atoms with van der Waals surface area (Å²) in [6.45, 7) is 2.27. The topological polar surface area (TPSA) is 47.3 Å². The van der Waals surface area contributed by atoms with Crippen LogP contribution in [0.15, 0.2) is 36.5 Å². The largest absolute Gasteiger partial charge is 0.366 e. The number of morpholine rings is 1. The lowest BCUT2D eigenvalue weighted by molar-refractivity contribution is -1.13. The first-order valence-electron chi connectivity index (χ1n) is 10.1. The summed E-state index contributed by atoms with van der Waals surface area (Å²) in [4.78, 5) is 0. The van der Waals surface area contributed by atoms with E-state index in [0.29, 0.717) is 18.6 Å². The number of ether oxygens (including phenoxy) is 1. The molecule has 2 fully saturated rings. The molecule has 4 atom stereocenters. The van der Waals surface area contributed by atoms with Gasteiger partial charge in [-0.2, -0.15) is 9.75 Å². The Bertz CT molecular complexity index is 775. The van der Waals surface area contributed by atoms with Gasteiger partial charge in [0.2, 0.25) is 0 Å². The van der Waals surface area contributed by atoms with Crippen molar-refractivity contribution in [3.8, 4) is 5.69 Å². The second kappa shape index (κ2) is 6.48. The molecule has 0 spiro atoms. The fourth-order valence-electron chi connectivity index (χ4n) is 5.12. The number of quaternary nitrogens is 1. The van der Waals surface area contributed by atoms with E-state index >= 15 is 0 Å². The molecule has 1 aromatic carbocycles. The summed E-state index contributed by atoms with van der Waals surface area (Å²) < 4.78 is 8.12. The second-order valence-electron chi connectivity index (χ2n) is 8.16. The van der Waals surface area contributed by atoms with Crippen molar-refractivity contribution in [3.05, 3.63) is 47.8 Å². The molecule has 1 aromatic heterocycles. The van der Waals surface area contributed by atoms with Crippen molar-refractivity contribution in [2.24, 2.45) is 0 Å². The van der Waals surface area contributed by atoms with Crippen LogP contribution in [0.1, 0.15) is 49.3 Å². The summed E-state index contributed by atoms with van der Waals surface area (Å²) in [5.74, 6) is 0.514. The number of nitrogens with zero attached hydrogens (tertiary/aromatic N) is 3. The van der Waals surface area contributed by atoms with E-state index in [0.717, 1.165) is 44.5 Å². The summed E-state index contributed by atoms with van der Waals surface area (Å²) in [7, 11) is 0. The predicted octanol–water partition coefficient (Wildman–Crippen LogP) is 3.45. The first-order chi connectivity index (χ1) is 12.7. The summed E-state index contributed by atoms with van der Waals surface area (Å²) in [5, 5.41) is 15.9. The molecule has 2 heterocycles. The summed E-state index contributed by atoms with van der Waals surface area (Å²) in [6, 6.07) is 10.7. The van der Waals surface area contributed by atoms with E-state index in [9.17, 15) is 5.21 Å². The average Bonchev–Trinajstić information content (AvgIpc) is 3.07. The van der Waals surface area contributed by atoms with Gasteiger partial charge in [0.15, 0.2) is 0 Å². The molecular formula is C21H28N3O2+. The Morgan fingerprint density at radius 1 is 1.19 bits per heavy atom. The zero-order valence-electron chi connectivity index (χ0n) is 15.3. The minimum absolute atomic E-state index is 0.226. The number of benzene rings is 1. The van der Waals surface area contributed by atoms with E-state index in [-0.39, 0.29) is 10.8 Å². The van der Waals surface area contributed by atoms with Crippen LogP contribution in [0.3, 0.4) is 0 Å². The van der Waals surface area contributed by atoms with Crippen molar-refractivity contribution < 1.29 is 14.6 Å². The van der Waals surface area contributed by atoms with Crippen LogP contribution < -0.4 is 0 Å². The molecule has 1 aliphatic heterocycles. The van der Waals surface area contributed by atoms with Crippen LogP contribution in [0.25, 0.3) is 5.69 Å². The maximum atomic E-state index is 11.2. The van der Waals surface area contributed by atoms with Crippen LogP contribution in [0.5, 0.6) is 0 Å². The SMILES string of the molecule is O[N+]1(CCC2CCCc3c2cnn3-c2ccccc2)CCOC2CCC21.